The van der Waals surface area contributed by atoms with Crippen LogP contribution < -0.4 is 0 Å². The van der Waals surface area contributed by atoms with E-state index in [4.69, 9.17) is 27.6 Å². The van der Waals surface area contributed by atoms with Gasteiger partial charge in [-0.1, -0.05) is 29.3 Å². The number of hydrogen-bond acceptors (Lipinski definition) is 2. The number of halogens is 2. The van der Waals surface area contributed by atoms with E-state index in [9.17, 15) is 5.11 Å². The molecule has 1 aromatic heterocycles. The second-order valence-corrected chi connectivity index (χ2v) is 5.06. The minimum Gasteiger partial charge on any atom is -0.469 e. The third kappa shape index (κ3) is 3.77. The number of aryl methyl sites for hydroxylation is 1. The molecule has 1 N–H and O–H groups in total. The van der Waals surface area contributed by atoms with E-state index in [1.807, 2.05) is 18.2 Å². The van der Waals surface area contributed by atoms with E-state index in [0.717, 1.165) is 17.7 Å². The van der Waals surface area contributed by atoms with Crippen molar-refractivity contribution in [1.82, 2.24) is 0 Å². The van der Waals surface area contributed by atoms with Gasteiger partial charge in [0.1, 0.15) is 5.76 Å². The van der Waals surface area contributed by atoms with Crippen molar-refractivity contribution in [3.63, 3.8) is 0 Å². The number of aliphatic hydroxyl groups excluding tert-OH is 1. The minimum absolute atomic E-state index is 0.436. The Labute approximate surface area is 116 Å². The van der Waals surface area contributed by atoms with Crippen LogP contribution in [-0.2, 0) is 12.8 Å². The summed E-state index contributed by atoms with van der Waals surface area (Å²) in [5.41, 5.74) is 0.910. The van der Waals surface area contributed by atoms with Crippen LogP contribution in [-0.4, -0.2) is 11.2 Å². The van der Waals surface area contributed by atoms with Crippen molar-refractivity contribution in [3.05, 3.63) is 58.0 Å². The zero-order valence-electron chi connectivity index (χ0n) is 9.77. The molecule has 2 nitrogen and oxygen atoms in total. The summed E-state index contributed by atoms with van der Waals surface area (Å²) in [4.78, 5) is 0. The van der Waals surface area contributed by atoms with Crippen LogP contribution in [0.2, 0.25) is 10.0 Å². The van der Waals surface area contributed by atoms with E-state index >= 15 is 0 Å². The predicted molar refractivity (Wildman–Crippen MR) is 73.2 cm³/mol. The number of rotatable bonds is 5. The Morgan fingerprint density at radius 2 is 2.06 bits per heavy atom. The highest BCUT2D eigenvalue weighted by atomic mass is 35.5. The average Bonchev–Trinajstić information content (AvgIpc) is 2.83. The molecule has 0 aliphatic rings. The van der Waals surface area contributed by atoms with E-state index in [1.165, 1.54) is 0 Å². The van der Waals surface area contributed by atoms with Gasteiger partial charge in [0.25, 0.3) is 0 Å². The number of aliphatic hydroxyl groups is 1. The maximum absolute atomic E-state index is 9.96. The van der Waals surface area contributed by atoms with E-state index in [1.54, 1.807) is 18.4 Å². The summed E-state index contributed by atoms with van der Waals surface area (Å²) in [6, 6.07) is 9.07. The molecule has 2 aromatic rings. The largest absolute Gasteiger partial charge is 0.469 e. The lowest BCUT2D eigenvalue weighted by molar-refractivity contribution is 0.163. The summed E-state index contributed by atoms with van der Waals surface area (Å²) in [6.07, 6.45) is 3.09. The van der Waals surface area contributed by atoms with Crippen LogP contribution >= 0.6 is 23.2 Å². The molecule has 18 heavy (non-hydrogen) atoms. The maximum Gasteiger partial charge on any atom is 0.103 e. The van der Waals surface area contributed by atoms with Crippen molar-refractivity contribution < 1.29 is 9.52 Å². The smallest absolute Gasteiger partial charge is 0.103 e. The lowest BCUT2D eigenvalue weighted by Gasteiger charge is -2.11. The predicted octanol–water partition coefficient (Wildman–Crippen LogP) is 4.12. The van der Waals surface area contributed by atoms with Crippen LogP contribution in [0.4, 0.5) is 0 Å². The Hall–Kier alpha value is -0.960. The molecule has 0 bridgehead atoms. The van der Waals surface area contributed by atoms with E-state index in [-0.39, 0.29) is 0 Å². The van der Waals surface area contributed by atoms with Crippen LogP contribution in [0.3, 0.4) is 0 Å². The van der Waals surface area contributed by atoms with Gasteiger partial charge >= 0.3 is 0 Å². The molecular weight excluding hydrogens is 271 g/mol. The number of hydrogen-bond donors (Lipinski definition) is 1. The van der Waals surface area contributed by atoms with Gasteiger partial charge in [0.2, 0.25) is 0 Å². The molecule has 1 unspecified atom stereocenters. The van der Waals surface area contributed by atoms with Gasteiger partial charge in [0.05, 0.1) is 12.4 Å². The van der Waals surface area contributed by atoms with Gasteiger partial charge in [-0.15, -0.1) is 0 Å². The van der Waals surface area contributed by atoms with Gasteiger partial charge in [-0.05, 0) is 42.7 Å². The first-order valence-electron chi connectivity index (χ1n) is 5.79. The van der Waals surface area contributed by atoms with Crippen molar-refractivity contribution >= 4 is 23.2 Å². The quantitative estimate of drug-likeness (QED) is 0.896. The summed E-state index contributed by atoms with van der Waals surface area (Å²) in [7, 11) is 0. The van der Waals surface area contributed by atoms with Crippen molar-refractivity contribution in [2.24, 2.45) is 0 Å². The second kappa shape index (κ2) is 6.28. The fraction of sp³-hybridized carbons (Fsp3) is 0.286. The highest BCUT2D eigenvalue weighted by molar-refractivity contribution is 6.35. The first-order chi connectivity index (χ1) is 8.65. The van der Waals surface area contributed by atoms with Gasteiger partial charge in [-0.25, -0.2) is 0 Å². The topological polar surface area (TPSA) is 33.4 Å². The minimum atomic E-state index is -0.436. The summed E-state index contributed by atoms with van der Waals surface area (Å²) in [5.74, 6) is 0.885. The fourth-order valence-electron chi connectivity index (χ4n) is 1.81. The number of benzene rings is 1. The van der Waals surface area contributed by atoms with Crippen LogP contribution in [0.5, 0.6) is 0 Å². The molecule has 0 amide bonds. The van der Waals surface area contributed by atoms with E-state index in [2.05, 4.69) is 0 Å². The molecule has 2 rings (SSSR count). The Bertz CT molecular complexity index is 495. The maximum atomic E-state index is 9.96. The molecule has 1 atom stereocenters. The first-order valence-corrected chi connectivity index (χ1v) is 6.55. The highest BCUT2D eigenvalue weighted by Gasteiger charge is 2.10. The normalized spacial score (nSPS) is 12.6. The van der Waals surface area contributed by atoms with Crippen molar-refractivity contribution in [1.29, 1.82) is 0 Å². The second-order valence-electron chi connectivity index (χ2n) is 4.21. The van der Waals surface area contributed by atoms with Gasteiger partial charge in [0, 0.05) is 16.5 Å². The van der Waals surface area contributed by atoms with E-state index in [0.29, 0.717) is 22.9 Å². The van der Waals surface area contributed by atoms with Crippen LogP contribution in [0, 0.1) is 0 Å². The SMILES string of the molecule is OC(CCc1ccco1)Cc1ccc(Cl)cc1Cl. The molecule has 0 aliphatic carbocycles. The molecule has 0 saturated carbocycles. The Morgan fingerprint density at radius 1 is 1.22 bits per heavy atom. The molecule has 4 heteroatoms. The van der Waals surface area contributed by atoms with Crippen molar-refractivity contribution in [3.8, 4) is 0 Å². The van der Waals surface area contributed by atoms with Gasteiger partial charge in [0.15, 0.2) is 0 Å². The lowest BCUT2D eigenvalue weighted by atomic mass is 10.0. The summed E-state index contributed by atoms with van der Waals surface area (Å²) < 4.78 is 5.22. The molecular formula is C14H14Cl2O2. The summed E-state index contributed by atoms with van der Waals surface area (Å²) in [6.45, 7) is 0. The first kappa shape index (κ1) is 13.5. The highest BCUT2D eigenvalue weighted by Crippen LogP contribution is 2.23. The monoisotopic (exact) mass is 284 g/mol. The van der Waals surface area contributed by atoms with Crippen molar-refractivity contribution in [2.75, 3.05) is 0 Å². The molecule has 0 fully saturated rings. The molecule has 96 valence electrons. The molecule has 0 spiro atoms. The summed E-state index contributed by atoms with van der Waals surface area (Å²) >= 11 is 11.9. The Morgan fingerprint density at radius 3 is 2.72 bits per heavy atom. The molecule has 1 heterocycles. The third-order valence-corrected chi connectivity index (χ3v) is 3.36. The summed E-state index contributed by atoms with van der Waals surface area (Å²) in [5, 5.41) is 11.2. The Kier molecular flexibility index (Phi) is 4.70. The van der Waals surface area contributed by atoms with Crippen LogP contribution in [0.1, 0.15) is 17.7 Å². The zero-order chi connectivity index (χ0) is 13.0. The lowest BCUT2D eigenvalue weighted by Crippen LogP contribution is -2.11. The average molecular weight is 285 g/mol. The van der Waals surface area contributed by atoms with Crippen LogP contribution in [0.25, 0.3) is 0 Å². The Balaban J connectivity index is 1.88. The van der Waals surface area contributed by atoms with Crippen LogP contribution in [0.15, 0.2) is 41.0 Å². The molecule has 1 aromatic carbocycles. The molecule has 0 radical (unpaired) electrons. The van der Waals surface area contributed by atoms with E-state index < -0.39 is 6.10 Å². The van der Waals surface area contributed by atoms with Gasteiger partial charge in [-0.2, -0.15) is 0 Å². The zero-order valence-corrected chi connectivity index (χ0v) is 11.3. The third-order valence-electron chi connectivity index (χ3n) is 2.77. The number of furan rings is 1. The molecule has 0 saturated heterocycles. The van der Waals surface area contributed by atoms with Gasteiger partial charge in [-0.3, -0.25) is 0 Å². The van der Waals surface area contributed by atoms with Crippen molar-refractivity contribution in [2.45, 2.75) is 25.4 Å². The standard InChI is InChI=1S/C14H14Cl2O2/c15-11-4-3-10(14(16)9-11)8-12(17)5-6-13-2-1-7-18-13/h1-4,7,9,12,17H,5-6,8H2. The van der Waals surface area contributed by atoms with Gasteiger partial charge < -0.3 is 9.52 Å². The fourth-order valence-corrected chi connectivity index (χ4v) is 2.29. The molecule has 0 aliphatic heterocycles.